The average Bonchev–Trinajstić information content (AvgIpc) is 2.43. The Labute approximate surface area is 88.0 Å². The van der Waals surface area contributed by atoms with E-state index < -0.39 is 0 Å². The van der Waals surface area contributed by atoms with Gasteiger partial charge >= 0.3 is 0 Å². The van der Waals surface area contributed by atoms with Crippen LogP contribution in [0.4, 0.5) is 0 Å². The smallest absolute Gasteiger partial charge is 0.0345 e. The number of aryl methyl sites for hydroxylation is 1. The van der Waals surface area contributed by atoms with Crippen LogP contribution in [0.25, 0.3) is 10.1 Å². The van der Waals surface area contributed by atoms with Crippen molar-refractivity contribution in [2.45, 2.75) is 13.5 Å². The van der Waals surface area contributed by atoms with Gasteiger partial charge in [0.1, 0.15) is 0 Å². The lowest BCUT2D eigenvalue weighted by molar-refractivity contribution is 1.08. The molecule has 1 aromatic carbocycles. The maximum absolute atomic E-state index is 5.55. The summed E-state index contributed by atoms with van der Waals surface area (Å²) in [6, 6.07) is 8.62. The summed E-state index contributed by atoms with van der Waals surface area (Å²) in [4.78, 5) is 1.36. The molecule has 0 atom stereocenters. The second-order valence-corrected chi connectivity index (χ2v) is 4.22. The van der Waals surface area contributed by atoms with Crippen molar-refractivity contribution in [2.24, 2.45) is 5.73 Å². The van der Waals surface area contributed by atoms with Gasteiger partial charge < -0.3 is 5.73 Å². The molecule has 1 heterocycles. The first-order chi connectivity index (χ1) is 5.79. The van der Waals surface area contributed by atoms with E-state index in [4.69, 9.17) is 5.73 Å². The van der Waals surface area contributed by atoms with Crippen LogP contribution >= 0.6 is 23.7 Å². The number of halogens is 1. The van der Waals surface area contributed by atoms with Crippen molar-refractivity contribution in [3.05, 3.63) is 34.7 Å². The van der Waals surface area contributed by atoms with Crippen molar-refractivity contribution in [1.82, 2.24) is 0 Å². The first kappa shape index (κ1) is 10.5. The van der Waals surface area contributed by atoms with Crippen molar-refractivity contribution in [2.75, 3.05) is 0 Å². The van der Waals surface area contributed by atoms with Crippen LogP contribution in [0.2, 0.25) is 0 Å². The Morgan fingerprint density at radius 2 is 2.08 bits per heavy atom. The normalized spacial score (nSPS) is 10.0. The Hall–Kier alpha value is -0.570. The van der Waals surface area contributed by atoms with Crippen molar-refractivity contribution >= 4 is 33.8 Å². The molecule has 1 aromatic heterocycles. The Morgan fingerprint density at radius 1 is 1.31 bits per heavy atom. The number of hydrogen-bond donors (Lipinski definition) is 1. The molecule has 3 heteroatoms. The van der Waals surface area contributed by atoms with Crippen molar-refractivity contribution < 1.29 is 0 Å². The molecule has 0 saturated carbocycles. The van der Waals surface area contributed by atoms with Gasteiger partial charge in [-0.05, 0) is 36.1 Å². The van der Waals surface area contributed by atoms with E-state index in [0.717, 1.165) is 0 Å². The van der Waals surface area contributed by atoms with E-state index in [2.05, 4.69) is 31.2 Å². The highest BCUT2D eigenvalue weighted by Crippen LogP contribution is 2.25. The summed E-state index contributed by atoms with van der Waals surface area (Å²) >= 11 is 1.83. The zero-order valence-corrected chi connectivity index (χ0v) is 9.04. The van der Waals surface area contributed by atoms with Gasteiger partial charge in [0, 0.05) is 16.1 Å². The Balaban J connectivity index is 0.000000845. The summed E-state index contributed by atoms with van der Waals surface area (Å²) < 4.78 is 1.35. The van der Waals surface area contributed by atoms with E-state index in [-0.39, 0.29) is 12.4 Å². The second kappa shape index (κ2) is 4.09. The molecule has 0 unspecified atom stereocenters. The van der Waals surface area contributed by atoms with Gasteiger partial charge in [-0.3, -0.25) is 0 Å². The van der Waals surface area contributed by atoms with Gasteiger partial charge in [0.15, 0.2) is 0 Å². The molecule has 0 fully saturated rings. The molecular formula is C10H12ClNS. The van der Waals surface area contributed by atoms with E-state index in [1.165, 1.54) is 20.5 Å². The number of hydrogen-bond acceptors (Lipinski definition) is 2. The first-order valence-corrected chi connectivity index (χ1v) is 4.80. The van der Waals surface area contributed by atoms with Crippen molar-refractivity contribution in [3.63, 3.8) is 0 Å². The Morgan fingerprint density at radius 3 is 2.77 bits per heavy atom. The molecule has 13 heavy (non-hydrogen) atoms. The minimum Gasteiger partial charge on any atom is -0.326 e. The van der Waals surface area contributed by atoms with Gasteiger partial charge in [0.25, 0.3) is 0 Å². The van der Waals surface area contributed by atoms with Crippen LogP contribution in [0, 0.1) is 6.92 Å². The topological polar surface area (TPSA) is 26.0 Å². The Bertz CT molecular complexity index is 408. The molecule has 70 valence electrons. The zero-order valence-electron chi connectivity index (χ0n) is 7.41. The zero-order chi connectivity index (χ0) is 8.55. The van der Waals surface area contributed by atoms with E-state index in [9.17, 15) is 0 Å². The van der Waals surface area contributed by atoms with Crippen LogP contribution < -0.4 is 5.73 Å². The lowest BCUT2D eigenvalue weighted by Gasteiger charge is -1.94. The summed E-state index contributed by atoms with van der Waals surface area (Å²) in [5.41, 5.74) is 6.76. The fraction of sp³-hybridized carbons (Fsp3) is 0.200. The Kier molecular flexibility index (Phi) is 3.31. The highest BCUT2D eigenvalue weighted by Gasteiger charge is 1.98. The molecule has 0 amide bonds. The van der Waals surface area contributed by atoms with Gasteiger partial charge in [-0.15, -0.1) is 23.7 Å². The highest BCUT2D eigenvalue weighted by atomic mass is 35.5. The maximum atomic E-state index is 5.55. The van der Waals surface area contributed by atoms with Gasteiger partial charge in [0.05, 0.1) is 0 Å². The first-order valence-electron chi connectivity index (χ1n) is 3.99. The minimum absolute atomic E-state index is 0. The standard InChI is InChI=1S/C10H11NS.ClH/c1-7-4-9-5-8(6-11)2-3-10(9)12-7;/h2-5H,6,11H2,1H3;1H. The summed E-state index contributed by atoms with van der Waals surface area (Å²) in [6.07, 6.45) is 0. The van der Waals surface area contributed by atoms with E-state index in [1.807, 2.05) is 11.3 Å². The third kappa shape index (κ3) is 2.02. The molecule has 0 bridgehead atoms. The molecule has 2 N–H and O–H groups in total. The average molecular weight is 214 g/mol. The number of nitrogens with two attached hydrogens (primary N) is 1. The van der Waals surface area contributed by atoms with Gasteiger partial charge in [0.2, 0.25) is 0 Å². The second-order valence-electron chi connectivity index (χ2n) is 2.93. The SMILES string of the molecule is Cc1cc2cc(CN)ccc2s1.Cl. The lowest BCUT2D eigenvalue weighted by Crippen LogP contribution is -1.94. The predicted octanol–water partition coefficient (Wildman–Crippen LogP) is 3.09. The van der Waals surface area contributed by atoms with Crippen LogP contribution in [-0.4, -0.2) is 0 Å². The monoisotopic (exact) mass is 213 g/mol. The molecule has 0 saturated heterocycles. The van der Waals surface area contributed by atoms with E-state index in [0.29, 0.717) is 6.54 Å². The third-order valence-electron chi connectivity index (χ3n) is 1.94. The van der Waals surface area contributed by atoms with Crippen molar-refractivity contribution in [1.29, 1.82) is 0 Å². The van der Waals surface area contributed by atoms with Gasteiger partial charge in [-0.1, -0.05) is 6.07 Å². The number of benzene rings is 1. The summed E-state index contributed by atoms with van der Waals surface area (Å²) in [5, 5.41) is 1.32. The largest absolute Gasteiger partial charge is 0.326 e. The van der Waals surface area contributed by atoms with Gasteiger partial charge in [-0.2, -0.15) is 0 Å². The van der Waals surface area contributed by atoms with Crippen LogP contribution in [0.15, 0.2) is 24.3 Å². The van der Waals surface area contributed by atoms with Crippen LogP contribution in [0.1, 0.15) is 10.4 Å². The number of thiophene rings is 1. The number of fused-ring (bicyclic) bond motifs is 1. The van der Waals surface area contributed by atoms with Crippen molar-refractivity contribution in [3.8, 4) is 0 Å². The molecule has 0 aliphatic heterocycles. The third-order valence-corrected chi connectivity index (χ3v) is 2.97. The summed E-state index contributed by atoms with van der Waals surface area (Å²) in [7, 11) is 0. The minimum atomic E-state index is 0. The number of rotatable bonds is 1. The fourth-order valence-electron chi connectivity index (χ4n) is 1.35. The molecule has 2 rings (SSSR count). The molecule has 0 aliphatic rings. The summed E-state index contributed by atoms with van der Waals surface area (Å²) in [6.45, 7) is 2.76. The molecule has 0 radical (unpaired) electrons. The van der Waals surface area contributed by atoms with Crippen LogP contribution in [0.3, 0.4) is 0 Å². The lowest BCUT2D eigenvalue weighted by atomic mass is 10.2. The molecule has 0 aliphatic carbocycles. The van der Waals surface area contributed by atoms with E-state index in [1.54, 1.807) is 0 Å². The molecular weight excluding hydrogens is 202 g/mol. The van der Waals surface area contributed by atoms with Crippen LogP contribution in [-0.2, 0) is 6.54 Å². The van der Waals surface area contributed by atoms with E-state index >= 15 is 0 Å². The molecule has 2 aromatic rings. The molecule has 0 spiro atoms. The molecule has 1 nitrogen and oxygen atoms in total. The van der Waals surface area contributed by atoms with Crippen LogP contribution in [0.5, 0.6) is 0 Å². The maximum Gasteiger partial charge on any atom is 0.0345 e. The summed E-state index contributed by atoms with van der Waals surface area (Å²) in [5.74, 6) is 0. The predicted molar refractivity (Wildman–Crippen MR) is 61.7 cm³/mol. The van der Waals surface area contributed by atoms with Gasteiger partial charge in [-0.25, -0.2) is 0 Å². The highest BCUT2D eigenvalue weighted by molar-refractivity contribution is 7.19. The fourth-order valence-corrected chi connectivity index (χ4v) is 2.26. The quantitative estimate of drug-likeness (QED) is 0.774.